The zero-order valence-corrected chi connectivity index (χ0v) is 20.7. The Morgan fingerprint density at radius 3 is 2.39 bits per heavy atom. The molecule has 3 rings (SSSR count). The second-order valence-corrected chi connectivity index (χ2v) is 10.4. The van der Waals surface area contributed by atoms with E-state index in [-0.39, 0.29) is 27.9 Å². The fourth-order valence-corrected chi connectivity index (χ4v) is 5.52. The Bertz CT molecular complexity index is 1090. The van der Waals surface area contributed by atoms with Gasteiger partial charge < -0.3 is 9.80 Å². The third-order valence-corrected chi connectivity index (χ3v) is 7.87. The molecule has 5 nitrogen and oxygen atoms in total. The fourth-order valence-electron chi connectivity index (χ4n) is 3.76. The molecule has 1 heterocycles. The summed E-state index contributed by atoms with van der Waals surface area (Å²) >= 11 is 12.3. The summed E-state index contributed by atoms with van der Waals surface area (Å²) in [7, 11) is -2.04. The Kier molecular flexibility index (Phi) is 7.81. The van der Waals surface area contributed by atoms with Crippen LogP contribution in [0.4, 0.5) is 14.5 Å². The molecule has 2 aromatic carbocycles. The maximum absolute atomic E-state index is 13.2. The molecule has 1 aliphatic heterocycles. The fraction of sp³-hybridized carbons (Fsp3) is 0.391. The second kappa shape index (κ2) is 10.1. The average molecular weight is 517 g/mol. The molecule has 1 fully saturated rings. The maximum atomic E-state index is 13.2. The van der Waals surface area contributed by atoms with Crippen molar-refractivity contribution in [3.05, 3.63) is 58.1 Å². The number of hydrogen-bond acceptors (Lipinski definition) is 4. The number of benzene rings is 2. The highest BCUT2D eigenvalue weighted by Gasteiger charge is 2.35. The van der Waals surface area contributed by atoms with Crippen LogP contribution >= 0.6 is 23.2 Å². The van der Waals surface area contributed by atoms with Gasteiger partial charge >= 0.3 is 5.92 Å². The van der Waals surface area contributed by atoms with Crippen molar-refractivity contribution in [2.75, 3.05) is 23.7 Å². The van der Waals surface area contributed by atoms with E-state index in [4.69, 9.17) is 23.2 Å². The highest BCUT2D eigenvalue weighted by atomic mass is 35.5. The van der Waals surface area contributed by atoms with Crippen LogP contribution in [0.25, 0.3) is 0 Å². The number of anilines is 1. The van der Waals surface area contributed by atoms with Crippen molar-refractivity contribution in [1.82, 2.24) is 4.90 Å². The summed E-state index contributed by atoms with van der Waals surface area (Å²) in [6, 6.07) is 11.6. The van der Waals surface area contributed by atoms with Crippen molar-refractivity contribution in [3.8, 4) is 0 Å². The van der Waals surface area contributed by atoms with E-state index in [2.05, 4.69) is 4.90 Å². The van der Waals surface area contributed by atoms with Gasteiger partial charge in [0.25, 0.3) is 5.91 Å². The normalized spacial score (nSPS) is 20.0. The molecular formula is C23H24Cl2F2N2O3S. The lowest BCUT2D eigenvalue weighted by Gasteiger charge is -2.46. The van der Waals surface area contributed by atoms with Gasteiger partial charge in [0.05, 0.1) is 26.5 Å². The predicted molar refractivity (Wildman–Crippen MR) is 127 cm³/mol. The van der Waals surface area contributed by atoms with Crippen molar-refractivity contribution >= 4 is 51.4 Å². The average Bonchev–Trinajstić information content (AvgIpc) is 2.74. The van der Waals surface area contributed by atoms with Crippen molar-refractivity contribution in [2.24, 2.45) is 0 Å². The number of carbonyl (C=O) groups is 2. The minimum Gasteiger partial charge on any atom is -0.365 e. The first-order valence-corrected chi connectivity index (χ1v) is 12.4. The molecule has 1 amide bonds. The summed E-state index contributed by atoms with van der Waals surface area (Å²) in [5, 5.41) is 0.631. The summed E-state index contributed by atoms with van der Waals surface area (Å²) in [6.07, 6.45) is 0. The summed E-state index contributed by atoms with van der Waals surface area (Å²) in [4.78, 5) is 28.7. The molecule has 0 saturated carbocycles. The molecule has 178 valence electrons. The van der Waals surface area contributed by atoms with Crippen molar-refractivity contribution < 1.29 is 22.6 Å². The first-order valence-electron chi connectivity index (χ1n) is 10.3. The summed E-state index contributed by atoms with van der Waals surface area (Å²) in [6.45, 7) is 5.54. The number of piperazine rings is 1. The van der Waals surface area contributed by atoms with E-state index in [1.54, 1.807) is 4.90 Å². The number of hydrogen-bond donors (Lipinski definition) is 0. The lowest BCUT2D eigenvalue weighted by atomic mass is 10.0. The van der Waals surface area contributed by atoms with Gasteiger partial charge in [0, 0.05) is 48.4 Å². The summed E-state index contributed by atoms with van der Waals surface area (Å²) in [5.74, 6) is -6.10. The monoisotopic (exact) mass is 516 g/mol. The molecule has 2 aromatic rings. The first kappa shape index (κ1) is 25.6. The van der Waals surface area contributed by atoms with Crippen LogP contribution in [0.15, 0.2) is 47.4 Å². The summed E-state index contributed by atoms with van der Waals surface area (Å²) in [5.41, 5.74) is 1.28. The molecule has 10 heteroatoms. The number of rotatable bonds is 6. The molecule has 1 saturated heterocycles. The number of nitrogens with zero attached hydrogens (tertiary/aromatic N) is 2. The smallest absolute Gasteiger partial charge is 0.303 e. The number of Topliss-reactive ketones (excluding diaryl/α,β-unsaturated/α-hetero) is 1. The Labute approximate surface area is 204 Å². The molecule has 3 atom stereocenters. The van der Waals surface area contributed by atoms with Gasteiger partial charge in [-0.05, 0) is 50.2 Å². The third-order valence-electron chi connectivity index (χ3n) is 5.84. The van der Waals surface area contributed by atoms with Gasteiger partial charge in [0.15, 0.2) is 0 Å². The van der Waals surface area contributed by atoms with Gasteiger partial charge in [0.1, 0.15) is 0 Å². The molecule has 2 unspecified atom stereocenters. The molecule has 0 radical (unpaired) electrons. The van der Waals surface area contributed by atoms with Gasteiger partial charge in [-0.25, -0.2) is 0 Å². The van der Waals surface area contributed by atoms with E-state index < -0.39 is 28.3 Å². The SMILES string of the molecule is CC1[C@H](C)N(C(=O)c2ccc(S(=O)CC(=O)C(C)(F)F)c(Cl)c2)CCN1c1cccc(Cl)c1. The largest absolute Gasteiger partial charge is 0.365 e. The van der Waals surface area contributed by atoms with Crippen molar-refractivity contribution in [1.29, 1.82) is 0 Å². The molecule has 0 aromatic heterocycles. The van der Waals surface area contributed by atoms with E-state index in [0.717, 1.165) is 5.69 Å². The second-order valence-electron chi connectivity index (χ2n) is 8.10. The quantitative estimate of drug-likeness (QED) is 0.538. The topological polar surface area (TPSA) is 57.7 Å². The van der Waals surface area contributed by atoms with Gasteiger partial charge in [-0.3, -0.25) is 13.8 Å². The molecule has 0 N–H and O–H groups in total. The van der Waals surface area contributed by atoms with Crippen LogP contribution in [0.3, 0.4) is 0 Å². The van der Waals surface area contributed by atoms with E-state index in [0.29, 0.717) is 30.6 Å². The number of alkyl halides is 2. The van der Waals surface area contributed by atoms with E-state index in [1.807, 2.05) is 38.1 Å². The maximum Gasteiger partial charge on any atom is 0.303 e. The first-order chi connectivity index (χ1) is 15.4. The Balaban J connectivity index is 1.74. The zero-order valence-electron chi connectivity index (χ0n) is 18.4. The lowest BCUT2D eigenvalue weighted by Crippen LogP contribution is -2.59. The van der Waals surface area contributed by atoms with Gasteiger partial charge in [-0.15, -0.1) is 0 Å². The molecular weight excluding hydrogens is 493 g/mol. The standard InChI is InChI=1S/C23H24Cl2F2N2O3S/c1-14-15(2)29(10-9-28(14)18-6-4-5-17(24)12-18)22(31)16-7-8-20(19(25)11-16)33(32)13-21(30)23(3,26)27/h4-8,11-12,14-15H,9-10,13H2,1-3H3/t14?,15-,33?/m0/s1. The van der Waals surface area contributed by atoms with Crippen LogP contribution in [0.2, 0.25) is 10.0 Å². The highest BCUT2D eigenvalue weighted by Crippen LogP contribution is 2.29. The summed E-state index contributed by atoms with van der Waals surface area (Å²) < 4.78 is 38.6. The minimum atomic E-state index is -3.57. The molecule has 0 aliphatic carbocycles. The Morgan fingerprint density at radius 1 is 1.09 bits per heavy atom. The highest BCUT2D eigenvalue weighted by molar-refractivity contribution is 7.86. The zero-order chi connectivity index (χ0) is 24.5. The molecule has 1 aliphatic rings. The van der Waals surface area contributed by atoms with Gasteiger partial charge in [-0.1, -0.05) is 29.3 Å². The minimum absolute atomic E-state index is 0.00957. The van der Waals surface area contributed by atoms with Crippen LogP contribution in [0.1, 0.15) is 31.1 Å². The van der Waals surface area contributed by atoms with Crippen molar-refractivity contribution in [3.63, 3.8) is 0 Å². The number of amides is 1. The number of halogens is 4. The molecule has 0 spiro atoms. The van der Waals surface area contributed by atoms with E-state index in [9.17, 15) is 22.6 Å². The Hall–Kier alpha value is -2.03. The van der Waals surface area contributed by atoms with Gasteiger partial charge in [0.2, 0.25) is 5.78 Å². The Morgan fingerprint density at radius 2 is 1.79 bits per heavy atom. The van der Waals surface area contributed by atoms with Crippen LogP contribution in [-0.2, 0) is 15.6 Å². The van der Waals surface area contributed by atoms with Crippen molar-refractivity contribution in [2.45, 2.75) is 43.7 Å². The third kappa shape index (κ3) is 5.73. The number of carbonyl (C=O) groups excluding carboxylic acids is 2. The van der Waals surface area contributed by atoms with E-state index in [1.165, 1.54) is 18.2 Å². The van der Waals surface area contributed by atoms with Gasteiger partial charge in [-0.2, -0.15) is 8.78 Å². The van der Waals surface area contributed by atoms with E-state index >= 15 is 0 Å². The number of ketones is 1. The predicted octanol–water partition coefficient (Wildman–Crippen LogP) is 5.06. The van der Waals surface area contributed by atoms with Crippen LogP contribution in [0, 0.1) is 0 Å². The van der Waals surface area contributed by atoms with Crippen LogP contribution < -0.4 is 4.90 Å². The molecule has 33 heavy (non-hydrogen) atoms. The lowest BCUT2D eigenvalue weighted by molar-refractivity contribution is -0.137. The molecule has 0 bridgehead atoms. The van der Waals surface area contributed by atoms with Crippen LogP contribution in [0.5, 0.6) is 0 Å². The van der Waals surface area contributed by atoms with Crippen LogP contribution in [-0.4, -0.2) is 57.6 Å².